The number of ether oxygens (including phenoxy) is 1. The Bertz CT molecular complexity index is 303. The van der Waals surface area contributed by atoms with Gasteiger partial charge in [-0.2, -0.15) is 0 Å². The van der Waals surface area contributed by atoms with Crippen molar-refractivity contribution >= 4 is 0 Å². The van der Waals surface area contributed by atoms with E-state index in [0.717, 1.165) is 39.3 Å². The van der Waals surface area contributed by atoms with E-state index in [1.54, 1.807) is 0 Å². The normalized spacial score (nSPS) is 12.9. The lowest BCUT2D eigenvalue weighted by atomic mass is 10.1. The van der Waals surface area contributed by atoms with Gasteiger partial charge in [0.25, 0.3) is 0 Å². The fourth-order valence-corrected chi connectivity index (χ4v) is 1.96. The summed E-state index contributed by atoms with van der Waals surface area (Å²) >= 11 is 0. The second-order valence-corrected chi connectivity index (χ2v) is 4.61. The monoisotopic (exact) mass is 250 g/mol. The van der Waals surface area contributed by atoms with Crippen molar-refractivity contribution in [1.82, 2.24) is 4.90 Å². The van der Waals surface area contributed by atoms with Gasteiger partial charge in [-0.3, -0.25) is 4.90 Å². The second kappa shape index (κ2) is 9.09. The highest BCUT2D eigenvalue weighted by atomic mass is 16.5. The molecule has 0 heterocycles. The summed E-state index contributed by atoms with van der Waals surface area (Å²) in [5, 5.41) is 0. The molecule has 0 aliphatic carbocycles. The molecule has 0 aromatic heterocycles. The van der Waals surface area contributed by atoms with Crippen LogP contribution < -0.4 is 5.73 Å². The molecule has 1 unspecified atom stereocenters. The summed E-state index contributed by atoms with van der Waals surface area (Å²) in [5.41, 5.74) is 6.96. The summed E-state index contributed by atoms with van der Waals surface area (Å²) in [6.07, 6.45) is 1.03. The first-order valence-corrected chi connectivity index (χ1v) is 6.83. The Morgan fingerprint density at radius 2 is 2.00 bits per heavy atom. The summed E-state index contributed by atoms with van der Waals surface area (Å²) in [4.78, 5) is 2.44. The summed E-state index contributed by atoms with van der Waals surface area (Å²) in [6.45, 7) is 8.55. The van der Waals surface area contributed by atoms with Crippen LogP contribution in [0.3, 0.4) is 0 Å². The molecule has 2 N–H and O–H groups in total. The standard InChI is InChI=1S/C15H26N2O/c1-3-18-13-14(2)17(11-7-10-16)12-15-8-5-4-6-9-15/h4-6,8-9,14H,3,7,10-13,16H2,1-2H3. The van der Waals surface area contributed by atoms with Crippen LogP contribution in [0.2, 0.25) is 0 Å². The van der Waals surface area contributed by atoms with Crippen molar-refractivity contribution in [3.05, 3.63) is 35.9 Å². The lowest BCUT2D eigenvalue weighted by Crippen LogP contribution is -2.37. The summed E-state index contributed by atoms with van der Waals surface area (Å²) in [7, 11) is 0. The van der Waals surface area contributed by atoms with Gasteiger partial charge in [-0.25, -0.2) is 0 Å². The highest BCUT2D eigenvalue weighted by Gasteiger charge is 2.13. The number of hydrogen-bond acceptors (Lipinski definition) is 3. The molecule has 18 heavy (non-hydrogen) atoms. The van der Waals surface area contributed by atoms with E-state index in [0.29, 0.717) is 6.04 Å². The van der Waals surface area contributed by atoms with E-state index in [1.165, 1.54) is 5.56 Å². The predicted octanol–water partition coefficient (Wildman–Crippen LogP) is 2.26. The minimum atomic E-state index is 0.428. The molecule has 1 rings (SSSR count). The molecule has 0 bridgehead atoms. The fraction of sp³-hybridized carbons (Fsp3) is 0.600. The van der Waals surface area contributed by atoms with Crippen LogP contribution in [0.4, 0.5) is 0 Å². The Balaban J connectivity index is 2.54. The Morgan fingerprint density at radius 3 is 2.61 bits per heavy atom. The summed E-state index contributed by atoms with van der Waals surface area (Å²) in [6, 6.07) is 11.0. The van der Waals surface area contributed by atoms with Gasteiger partial charge in [-0.15, -0.1) is 0 Å². The third kappa shape index (κ3) is 5.63. The van der Waals surface area contributed by atoms with Crippen molar-refractivity contribution in [3.63, 3.8) is 0 Å². The third-order valence-electron chi connectivity index (χ3n) is 3.06. The van der Waals surface area contributed by atoms with Crippen LogP contribution in [0, 0.1) is 0 Å². The molecule has 0 amide bonds. The largest absolute Gasteiger partial charge is 0.380 e. The number of nitrogens with two attached hydrogens (primary N) is 1. The molecule has 3 heteroatoms. The van der Waals surface area contributed by atoms with Gasteiger partial charge in [0.2, 0.25) is 0 Å². The number of benzene rings is 1. The molecule has 1 aromatic carbocycles. The van der Waals surface area contributed by atoms with E-state index in [2.05, 4.69) is 42.2 Å². The van der Waals surface area contributed by atoms with Crippen molar-refractivity contribution in [3.8, 4) is 0 Å². The zero-order valence-electron chi connectivity index (χ0n) is 11.6. The van der Waals surface area contributed by atoms with Crippen molar-refractivity contribution in [1.29, 1.82) is 0 Å². The van der Waals surface area contributed by atoms with E-state index >= 15 is 0 Å². The molecule has 0 saturated heterocycles. The maximum atomic E-state index is 5.61. The Kier molecular flexibility index (Phi) is 7.65. The molecule has 0 aliphatic rings. The van der Waals surface area contributed by atoms with Gasteiger partial charge in [-0.1, -0.05) is 30.3 Å². The minimum Gasteiger partial charge on any atom is -0.380 e. The Morgan fingerprint density at radius 1 is 1.28 bits per heavy atom. The first-order valence-electron chi connectivity index (χ1n) is 6.83. The fourth-order valence-electron chi connectivity index (χ4n) is 1.96. The highest BCUT2D eigenvalue weighted by Crippen LogP contribution is 2.09. The molecule has 0 aliphatic heterocycles. The lowest BCUT2D eigenvalue weighted by Gasteiger charge is -2.29. The minimum absolute atomic E-state index is 0.428. The summed E-state index contributed by atoms with van der Waals surface area (Å²) in [5.74, 6) is 0. The molecule has 1 atom stereocenters. The lowest BCUT2D eigenvalue weighted by molar-refractivity contribution is 0.0692. The van der Waals surface area contributed by atoms with E-state index < -0.39 is 0 Å². The number of nitrogens with zero attached hydrogens (tertiary/aromatic N) is 1. The van der Waals surface area contributed by atoms with Gasteiger partial charge in [-0.05, 0) is 32.4 Å². The molecule has 0 fully saturated rings. The molecular weight excluding hydrogens is 224 g/mol. The molecule has 0 spiro atoms. The van der Waals surface area contributed by atoms with Crippen LogP contribution >= 0.6 is 0 Å². The van der Waals surface area contributed by atoms with Crippen molar-refractivity contribution in [2.24, 2.45) is 5.73 Å². The van der Waals surface area contributed by atoms with E-state index in [9.17, 15) is 0 Å². The number of hydrogen-bond donors (Lipinski definition) is 1. The van der Waals surface area contributed by atoms with Crippen molar-refractivity contribution < 1.29 is 4.74 Å². The van der Waals surface area contributed by atoms with Gasteiger partial charge in [0, 0.05) is 25.7 Å². The smallest absolute Gasteiger partial charge is 0.0619 e. The molecule has 1 aromatic rings. The highest BCUT2D eigenvalue weighted by molar-refractivity contribution is 5.14. The first kappa shape index (κ1) is 15.2. The average Bonchev–Trinajstić information content (AvgIpc) is 2.42. The van der Waals surface area contributed by atoms with Gasteiger partial charge in [0.1, 0.15) is 0 Å². The quantitative estimate of drug-likeness (QED) is 0.730. The van der Waals surface area contributed by atoms with E-state index in [1.807, 2.05) is 6.92 Å². The van der Waals surface area contributed by atoms with Crippen molar-refractivity contribution in [2.45, 2.75) is 32.9 Å². The van der Waals surface area contributed by atoms with Crippen LogP contribution in [0.1, 0.15) is 25.8 Å². The molecule has 0 radical (unpaired) electrons. The third-order valence-corrected chi connectivity index (χ3v) is 3.06. The SMILES string of the molecule is CCOCC(C)N(CCCN)Cc1ccccc1. The molecule has 0 saturated carbocycles. The van der Waals surface area contributed by atoms with Crippen LogP contribution in [-0.4, -0.2) is 37.2 Å². The molecule has 102 valence electrons. The van der Waals surface area contributed by atoms with E-state index in [-0.39, 0.29) is 0 Å². The van der Waals surface area contributed by atoms with Crippen LogP contribution in [0.15, 0.2) is 30.3 Å². The van der Waals surface area contributed by atoms with E-state index in [4.69, 9.17) is 10.5 Å². The van der Waals surface area contributed by atoms with Crippen LogP contribution in [0.25, 0.3) is 0 Å². The Hall–Kier alpha value is -0.900. The van der Waals surface area contributed by atoms with Crippen LogP contribution in [0.5, 0.6) is 0 Å². The number of rotatable bonds is 9. The predicted molar refractivity (Wildman–Crippen MR) is 76.5 cm³/mol. The average molecular weight is 250 g/mol. The first-order chi connectivity index (χ1) is 8.77. The van der Waals surface area contributed by atoms with Crippen LogP contribution in [-0.2, 0) is 11.3 Å². The Labute approximate surface area is 111 Å². The molecule has 3 nitrogen and oxygen atoms in total. The van der Waals surface area contributed by atoms with Gasteiger partial charge >= 0.3 is 0 Å². The second-order valence-electron chi connectivity index (χ2n) is 4.61. The maximum absolute atomic E-state index is 5.61. The van der Waals surface area contributed by atoms with Crippen molar-refractivity contribution in [2.75, 3.05) is 26.3 Å². The van der Waals surface area contributed by atoms with Gasteiger partial charge < -0.3 is 10.5 Å². The topological polar surface area (TPSA) is 38.5 Å². The summed E-state index contributed by atoms with van der Waals surface area (Å²) < 4.78 is 5.52. The maximum Gasteiger partial charge on any atom is 0.0619 e. The molecular formula is C15H26N2O. The zero-order valence-corrected chi connectivity index (χ0v) is 11.6. The van der Waals surface area contributed by atoms with Gasteiger partial charge in [0.15, 0.2) is 0 Å². The zero-order chi connectivity index (χ0) is 13.2. The van der Waals surface area contributed by atoms with Gasteiger partial charge in [0.05, 0.1) is 6.61 Å².